The van der Waals surface area contributed by atoms with E-state index in [-0.39, 0.29) is 11.7 Å². The molecule has 0 amide bonds. The lowest BCUT2D eigenvalue weighted by molar-refractivity contribution is -0.122. The lowest BCUT2D eigenvalue weighted by Gasteiger charge is -2.47. The average molecular weight is 407 g/mol. The maximum absolute atomic E-state index is 15.3. The number of nitrogens with zero attached hydrogens (tertiary/aromatic N) is 2. The Morgan fingerprint density at radius 3 is 2.48 bits per heavy atom. The largest absolute Gasteiger partial charge is 0.496 e. The first-order valence-electron chi connectivity index (χ1n) is 10.9. The number of piperidine rings is 1. The fraction of sp³-hybridized carbons (Fsp3) is 0.739. The van der Waals surface area contributed by atoms with E-state index in [4.69, 9.17) is 9.47 Å². The standard InChI is InChI=1S/C23H35FN2O3/c1-22(2)14-18-19(24)13-16(15-26-9-11-29-12-10-26)21(28-4)20(18)23(22,27)17-5-7-25(3)8-6-17/h13,17,27H,5-12,14-15H2,1-4H3. The first kappa shape index (κ1) is 21.0. The molecule has 1 aromatic rings. The third-order valence-electron chi connectivity index (χ3n) is 7.45. The molecule has 0 saturated carbocycles. The molecule has 2 saturated heterocycles. The molecule has 0 bridgehead atoms. The van der Waals surface area contributed by atoms with Crippen LogP contribution >= 0.6 is 0 Å². The van der Waals surface area contributed by atoms with E-state index in [1.165, 1.54) is 0 Å². The molecule has 0 radical (unpaired) electrons. The summed E-state index contributed by atoms with van der Waals surface area (Å²) in [6.45, 7) is 9.72. The molecule has 3 aliphatic rings. The number of likely N-dealkylation sites (tertiary alicyclic amines) is 1. The Bertz CT molecular complexity index is 755. The summed E-state index contributed by atoms with van der Waals surface area (Å²) in [4.78, 5) is 4.57. The van der Waals surface area contributed by atoms with E-state index in [0.29, 0.717) is 43.1 Å². The van der Waals surface area contributed by atoms with Crippen LogP contribution in [0.25, 0.3) is 0 Å². The summed E-state index contributed by atoms with van der Waals surface area (Å²) in [6.07, 6.45) is 2.36. The van der Waals surface area contributed by atoms with Gasteiger partial charge in [0.25, 0.3) is 0 Å². The molecule has 0 aromatic heterocycles. The summed E-state index contributed by atoms with van der Waals surface area (Å²) < 4.78 is 26.7. The Morgan fingerprint density at radius 1 is 1.21 bits per heavy atom. The van der Waals surface area contributed by atoms with Gasteiger partial charge in [-0.1, -0.05) is 13.8 Å². The molecule has 29 heavy (non-hydrogen) atoms. The zero-order valence-corrected chi connectivity index (χ0v) is 18.3. The number of hydrogen-bond acceptors (Lipinski definition) is 5. The van der Waals surface area contributed by atoms with Gasteiger partial charge >= 0.3 is 0 Å². The van der Waals surface area contributed by atoms with Gasteiger partial charge in [-0.3, -0.25) is 4.90 Å². The predicted octanol–water partition coefficient (Wildman–Crippen LogP) is 2.78. The molecule has 162 valence electrons. The highest BCUT2D eigenvalue weighted by Crippen LogP contribution is 2.59. The summed E-state index contributed by atoms with van der Waals surface area (Å²) in [5.74, 6) is 0.572. The van der Waals surface area contributed by atoms with Crippen LogP contribution in [0.2, 0.25) is 0 Å². The van der Waals surface area contributed by atoms with E-state index in [9.17, 15) is 5.11 Å². The number of morpholine rings is 1. The van der Waals surface area contributed by atoms with E-state index in [0.717, 1.165) is 44.6 Å². The molecule has 0 spiro atoms. The van der Waals surface area contributed by atoms with Gasteiger partial charge in [0.05, 0.1) is 20.3 Å². The van der Waals surface area contributed by atoms with Crippen molar-refractivity contribution in [1.29, 1.82) is 0 Å². The van der Waals surface area contributed by atoms with Gasteiger partial charge in [0.15, 0.2) is 0 Å². The van der Waals surface area contributed by atoms with Gasteiger partial charge in [0, 0.05) is 36.2 Å². The second-order valence-corrected chi connectivity index (χ2v) is 9.70. The highest BCUT2D eigenvalue weighted by atomic mass is 19.1. The zero-order chi connectivity index (χ0) is 20.8. The molecule has 2 fully saturated rings. The second-order valence-electron chi connectivity index (χ2n) is 9.70. The molecule has 1 aromatic carbocycles. The molecule has 5 nitrogen and oxygen atoms in total. The van der Waals surface area contributed by atoms with E-state index < -0.39 is 11.0 Å². The Morgan fingerprint density at radius 2 is 1.86 bits per heavy atom. The van der Waals surface area contributed by atoms with Crippen molar-refractivity contribution in [2.24, 2.45) is 11.3 Å². The van der Waals surface area contributed by atoms with Crippen LogP contribution in [0.3, 0.4) is 0 Å². The molecule has 6 heteroatoms. The van der Waals surface area contributed by atoms with Crippen LogP contribution < -0.4 is 4.74 Å². The molecule has 2 aliphatic heterocycles. The number of benzene rings is 1. The fourth-order valence-electron chi connectivity index (χ4n) is 5.75. The molecule has 1 N–H and O–H groups in total. The maximum Gasteiger partial charge on any atom is 0.129 e. The van der Waals surface area contributed by atoms with E-state index in [2.05, 4.69) is 30.7 Å². The summed E-state index contributed by atoms with van der Waals surface area (Å²) in [6, 6.07) is 1.63. The van der Waals surface area contributed by atoms with Crippen molar-refractivity contribution in [2.45, 2.75) is 45.3 Å². The van der Waals surface area contributed by atoms with Gasteiger partial charge in [-0.2, -0.15) is 0 Å². The zero-order valence-electron chi connectivity index (χ0n) is 18.3. The van der Waals surface area contributed by atoms with Crippen LogP contribution in [-0.2, 0) is 23.3 Å². The van der Waals surface area contributed by atoms with Gasteiger partial charge in [-0.25, -0.2) is 4.39 Å². The average Bonchev–Trinajstić information content (AvgIpc) is 2.91. The van der Waals surface area contributed by atoms with E-state index >= 15 is 4.39 Å². The van der Waals surface area contributed by atoms with Crippen molar-refractivity contribution in [1.82, 2.24) is 9.80 Å². The quantitative estimate of drug-likeness (QED) is 0.833. The Hall–Kier alpha value is -1.21. The van der Waals surface area contributed by atoms with Crippen LogP contribution in [0.4, 0.5) is 4.39 Å². The predicted molar refractivity (Wildman–Crippen MR) is 111 cm³/mol. The lowest BCUT2D eigenvalue weighted by Crippen LogP contribution is -2.49. The maximum atomic E-state index is 15.3. The highest BCUT2D eigenvalue weighted by Gasteiger charge is 2.58. The van der Waals surface area contributed by atoms with Crippen molar-refractivity contribution in [3.63, 3.8) is 0 Å². The number of rotatable bonds is 4. The molecule has 2 heterocycles. The minimum absolute atomic E-state index is 0.0990. The van der Waals surface area contributed by atoms with Gasteiger partial charge in [-0.05, 0) is 56.9 Å². The van der Waals surface area contributed by atoms with Crippen molar-refractivity contribution in [3.05, 3.63) is 28.6 Å². The molecular weight excluding hydrogens is 371 g/mol. The third kappa shape index (κ3) is 3.48. The molecule has 1 atom stereocenters. The Labute approximate surface area is 173 Å². The Balaban J connectivity index is 1.78. The topological polar surface area (TPSA) is 45.2 Å². The normalized spacial score (nSPS) is 28.5. The van der Waals surface area contributed by atoms with Crippen molar-refractivity contribution >= 4 is 0 Å². The van der Waals surface area contributed by atoms with Crippen LogP contribution in [0, 0.1) is 17.2 Å². The molecule has 1 aliphatic carbocycles. The molecular formula is C23H35FN2O3. The summed E-state index contributed by atoms with van der Waals surface area (Å²) in [7, 11) is 3.77. The van der Waals surface area contributed by atoms with Gasteiger partial charge in [0.2, 0.25) is 0 Å². The highest BCUT2D eigenvalue weighted by molar-refractivity contribution is 5.55. The van der Waals surface area contributed by atoms with E-state index in [1.54, 1.807) is 13.2 Å². The van der Waals surface area contributed by atoms with Crippen LogP contribution in [-0.4, -0.2) is 68.5 Å². The van der Waals surface area contributed by atoms with Crippen molar-refractivity contribution in [3.8, 4) is 5.75 Å². The lowest BCUT2D eigenvalue weighted by atomic mass is 9.65. The third-order valence-corrected chi connectivity index (χ3v) is 7.45. The monoisotopic (exact) mass is 406 g/mol. The first-order valence-corrected chi connectivity index (χ1v) is 10.9. The number of aliphatic hydroxyl groups is 1. The summed E-state index contributed by atoms with van der Waals surface area (Å²) >= 11 is 0. The summed E-state index contributed by atoms with van der Waals surface area (Å²) in [5.41, 5.74) is 0.648. The fourth-order valence-corrected chi connectivity index (χ4v) is 5.75. The molecule has 1 unspecified atom stereocenters. The number of ether oxygens (including phenoxy) is 2. The SMILES string of the molecule is COc1c(CN2CCOCC2)cc(F)c2c1C(O)(C1CCN(C)CC1)C(C)(C)C2. The first-order chi connectivity index (χ1) is 13.8. The van der Waals surface area contributed by atoms with Crippen LogP contribution in [0.15, 0.2) is 6.07 Å². The van der Waals surface area contributed by atoms with Gasteiger partial charge in [-0.15, -0.1) is 0 Å². The van der Waals surface area contributed by atoms with Gasteiger partial charge < -0.3 is 19.5 Å². The smallest absolute Gasteiger partial charge is 0.129 e. The van der Waals surface area contributed by atoms with Gasteiger partial charge in [0.1, 0.15) is 17.2 Å². The number of methoxy groups -OCH3 is 1. The molecule has 4 rings (SSSR count). The second kappa shape index (κ2) is 7.80. The number of hydrogen-bond donors (Lipinski definition) is 1. The van der Waals surface area contributed by atoms with E-state index in [1.807, 2.05) is 0 Å². The number of halogens is 1. The summed E-state index contributed by atoms with van der Waals surface area (Å²) in [5, 5.41) is 12.3. The Kier molecular flexibility index (Phi) is 5.66. The van der Waals surface area contributed by atoms with Crippen LogP contribution in [0.1, 0.15) is 43.4 Å². The minimum atomic E-state index is -1.09. The van der Waals surface area contributed by atoms with Crippen molar-refractivity contribution in [2.75, 3.05) is 53.6 Å². The minimum Gasteiger partial charge on any atom is -0.496 e. The number of fused-ring (bicyclic) bond motifs is 1. The van der Waals surface area contributed by atoms with Crippen molar-refractivity contribution < 1.29 is 19.0 Å². The van der Waals surface area contributed by atoms with Crippen LogP contribution in [0.5, 0.6) is 5.75 Å².